The Hall–Kier alpha value is -2.59. The number of aromatic nitrogens is 1. The van der Waals surface area contributed by atoms with Crippen LogP contribution in [-0.2, 0) is 0 Å². The van der Waals surface area contributed by atoms with Crippen LogP contribution in [0.15, 0.2) is 48.6 Å². The van der Waals surface area contributed by atoms with Crippen LogP contribution in [0.2, 0.25) is 5.02 Å². The summed E-state index contributed by atoms with van der Waals surface area (Å²) in [5.74, 6) is -0.670. The van der Waals surface area contributed by atoms with E-state index in [1.807, 2.05) is 0 Å². The van der Waals surface area contributed by atoms with Crippen LogP contribution in [0, 0.1) is 0 Å². The molecule has 104 valence electrons. The van der Waals surface area contributed by atoms with Gasteiger partial charge in [0.25, 0.3) is 0 Å². The van der Waals surface area contributed by atoms with E-state index >= 15 is 0 Å². The Kier molecular flexibility index (Phi) is 2.63. The van der Waals surface area contributed by atoms with Gasteiger partial charge in [-0.3, -0.25) is 9.78 Å². The Morgan fingerprint density at radius 2 is 2.19 bits per heavy atom. The molecule has 21 heavy (non-hydrogen) atoms. The summed E-state index contributed by atoms with van der Waals surface area (Å²) in [6.07, 6.45) is 1.83. The molecule has 1 aromatic heterocycles. The molecular formula is C16H11ClN2O2. The van der Waals surface area contributed by atoms with Gasteiger partial charge in [-0.1, -0.05) is 11.6 Å². The fraction of sp³-hybridized carbons (Fsp3) is 0. The number of anilines is 2. The van der Waals surface area contributed by atoms with E-state index in [2.05, 4.69) is 10.3 Å². The fourth-order valence-electron chi connectivity index (χ4n) is 1.93. The van der Waals surface area contributed by atoms with Crippen LogP contribution in [0.4, 0.5) is 11.4 Å². The first-order chi connectivity index (χ1) is 11.4. The molecule has 4 nitrogen and oxygen atoms in total. The summed E-state index contributed by atoms with van der Waals surface area (Å²) in [6, 6.07) is 5.51. The van der Waals surface area contributed by atoms with Crippen molar-refractivity contribution in [2.75, 3.05) is 5.32 Å². The third kappa shape index (κ3) is 2.66. The zero-order chi connectivity index (χ0) is 17.4. The number of nitrogens with one attached hydrogen (secondary N) is 1. The van der Waals surface area contributed by atoms with Crippen molar-refractivity contribution < 1.29 is 14.0 Å². The number of hydrogen-bond acceptors (Lipinski definition) is 4. The Morgan fingerprint density at radius 3 is 3.00 bits per heavy atom. The van der Waals surface area contributed by atoms with E-state index in [1.165, 1.54) is 6.20 Å². The lowest BCUT2D eigenvalue weighted by atomic mass is 10.1. The summed E-state index contributed by atoms with van der Waals surface area (Å²) in [5, 5.41) is 13.9. The van der Waals surface area contributed by atoms with Crippen LogP contribution in [0.1, 0.15) is 14.5 Å². The summed E-state index contributed by atoms with van der Waals surface area (Å²) >= 11 is 5.95. The van der Waals surface area contributed by atoms with Gasteiger partial charge in [0.15, 0.2) is 6.29 Å². The lowest BCUT2D eigenvalue weighted by Gasteiger charge is -2.10. The van der Waals surface area contributed by atoms with Crippen molar-refractivity contribution >= 4 is 40.2 Å². The number of hydrogen-bond donors (Lipinski definition) is 2. The molecule has 3 aromatic rings. The number of nitrogens with zero attached hydrogens (tertiary/aromatic N) is 1. The van der Waals surface area contributed by atoms with Crippen molar-refractivity contribution in [3.8, 4) is 5.75 Å². The molecule has 2 N–H and O–H groups in total. The number of fused-ring (bicyclic) bond motifs is 1. The number of aldehydes is 1. The van der Waals surface area contributed by atoms with Gasteiger partial charge in [-0.2, -0.15) is 0 Å². The minimum atomic E-state index is -0.670. The minimum absolute atomic E-state index is 0.0395. The predicted molar refractivity (Wildman–Crippen MR) is 83.5 cm³/mol. The van der Waals surface area contributed by atoms with Gasteiger partial charge in [-0.05, 0) is 42.4 Å². The average molecular weight is 303 g/mol. The standard InChI is InChI=1S/C16H11ClN2O2/c17-11-1-3-13-14(5-6-18-15(13)8-11)19-12-2-4-16(21)10(7-12)9-20/h1-9,21H,(H,18,19)/i2D,4D,7D,9+1. The first-order valence-corrected chi connectivity index (χ1v) is 6.41. The SMILES string of the molecule is [2H]c1c([2H])c(Nc2ccnc3cc(Cl)ccc23)c([2H])c([13CH]=O)c1O. The number of rotatable bonds is 3. The third-order valence-electron chi connectivity index (χ3n) is 2.90. The second-order valence-corrected chi connectivity index (χ2v) is 4.71. The van der Waals surface area contributed by atoms with Crippen LogP contribution in [0.25, 0.3) is 10.9 Å². The largest absolute Gasteiger partial charge is 0.507 e. The van der Waals surface area contributed by atoms with Crippen molar-refractivity contribution in [2.24, 2.45) is 0 Å². The van der Waals surface area contributed by atoms with E-state index in [-0.39, 0.29) is 23.3 Å². The molecule has 0 saturated carbocycles. The monoisotopic (exact) mass is 302 g/mol. The highest BCUT2D eigenvalue weighted by atomic mass is 35.5. The van der Waals surface area contributed by atoms with Gasteiger partial charge in [-0.25, -0.2) is 0 Å². The summed E-state index contributed by atoms with van der Waals surface area (Å²) < 4.78 is 23.7. The highest BCUT2D eigenvalue weighted by Crippen LogP contribution is 2.28. The maximum absolute atomic E-state index is 11.1. The van der Waals surface area contributed by atoms with E-state index < -0.39 is 11.8 Å². The number of carbonyl (C=O) groups is 1. The van der Waals surface area contributed by atoms with Gasteiger partial charge in [0.1, 0.15) is 5.75 Å². The summed E-state index contributed by atoms with van der Waals surface area (Å²) in [7, 11) is 0. The second-order valence-electron chi connectivity index (χ2n) is 4.28. The molecule has 0 saturated heterocycles. The quantitative estimate of drug-likeness (QED) is 0.433. The summed E-state index contributed by atoms with van der Waals surface area (Å²) in [4.78, 5) is 15.3. The second kappa shape index (κ2) is 5.42. The van der Waals surface area contributed by atoms with Crippen LogP contribution >= 0.6 is 11.6 Å². The number of carbonyl (C=O) groups excluding carboxylic acids is 1. The van der Waals surface area contributed by atoms with Crippen molar-refractivity contribution in [3.63, 3.8) is 0 Å². The first-order valence-electron chi connectivity index (χ1n) is 7.53. The number of benzene rings is 2. The number of aromatic hydroxyl groups is 1. The Bertz CT molecular complexity index is 979. The molecule has 0 fully saturated rings. The van der Waals surface area contributed by atoms with Crippen LogP contribution in [0.5, 0.6) is 5.75 Å². The van der Waals surface area contributed by atoms with Gasteiger partial charge in [0.05, 0.1) is 15.2 Å². The lowest BCUT2D eigenvalue weighted by molar-refractivity contribution is 0.112. The number of pyridine rings is 1. The number of phenols is 1. The smallest absolute Gasteiger partial charge is 0.153 e. The minimum Gasteiger partial charge on any atom is -0.507 e. The highest BCUT2D eigenvalue weighted by molar-refractivity contribution is 6.31. The van der Waals surface area contributed by atoms with E-state index in [9.17, 15) is 9.90 Å². The number of halogens is 1. The molecule has 5 heteroatoms. The molecule has 2 aromatic carbocycles. The molecule has 0 amide bonds. The third-order valence-corrected chi connectivity index (χ3v) is 3.14. The highest BCUT2D eigenvalue weighted by Gasteiger charge is 2.05. The molecule has 0 unspecified atom stereocenters. The fourth-order valence-corrected chi connectivity index (χ4v) is 2.09. The van der Waals surface area contributed by atoms with E-state index in [0.717, 1.165) is 0 Å². The molecule has 0 aliphatic rings. The zero-order valence-electron chi connectivity index (χ0n) is 13.6. The molecular weight excluding hydrogens is 289 g/mol. The van der Waals surface area contributed by atoms with Gasteiger partial charge in [0.2, 0.25) is 0 Å². The van der Waals surface area contributed by atoms with E-state index in [1.54, 1.807) is 24.3 Å². The summed E-state index contributed by atoms with van der Waals surface area (Å²) in [5.41, 5.74) is 0.786. The molecule has 0 spiro atoms. The first kappa shape index (κ1) is 10.2. The molecule has 1 heterocycles. The van der Waals surface area contributed by atoms with E-state index in [4.69, 9.17) is 15.7 Å². The van der Waals surface area contributed by atoms with Crippen molar-refractivity contribution in [1.29, 1.82) is 0 Å². The van der Waals surface area contributed by atoms with Crippen molar-refractivity contribution in [2.45, 2.75) is 0 Å². The lowest BCUT2D eigenvalue weighted by Crippen LogP contribution is -1.94. The van der Waals surface area contributed by atoms with Gasteiger partial charge < -0.3 is 10.4 Å². The Balaban J connectivity index is 2.19. The predicted octanol–water partition coefficient (Wildman–Crippen LogP) is 4.15. The van der Waals surface area contributed by atoms with Crippen molar-refractivity contribution in [1.82, 2.24) is 4.98 Å². The maximum atomic E-state index is 11.1. The molecule has 0 radical (unpaired) electrons. The average Bonchev–Trinajstić information content (AvgIpc) is 2.57. The summed E-state index contributed by atoms with van der Waals surface area (Å²) in [6.45, 7) is 0. The Labute approximate surface area is 130 Å². The normalized spacial score (nSPS) is 12.5. The van der Waals surface area contributed by atoms with Crippen molar-refractivity contribution in [3.05, 3.63) is 59.2 Å². The van der Waals surface area contributed by atoms with E-state index in [0.29, 0.717) is 27.9 Å². The zero-order valence-corrected chi connectivity index (χ0v) is 11.4. The van der Waals surface area contributed by atoms with Crippen LogP contribution < -0.4 is 5.32 Å². The molecule has 0 aliphatic heterocycles. The molecule has 0 bridgehead atoms. The van der Waals surface area contributed by atoms with Gasteiger partial charge in [-0.15, -0.1) is 0 Å². The van der Waals surface area contributed by atoms with Gasteiger partial charge >= 0.3 is 0 Å². The van der Waals surface area contributed by atoms with Crippen LogP contribution in [-0.4, -0.2) is 16.4 Å². The molecule has 0 atom stereocenters. The maximum Gasteiger partial charge on any atom is 0.153 e. The Morgan fingerprint density at radius 1 is 1.33 bits per heavy atom. The number of phenolic OH excluding ortho intramolecular Hbond substituents is 1. The molecule has 0 aliphatic carbocycles. The molecule has 3 rings (SSSR count). The van der Waals surface area contributed by atoms with Crippen LogP contribution in [0.3, 0.4) is 0 Å². The topological polar surface area (TPSA) is 62.2 Å². The van der Waals surface area contributed by atoms with Gasteiger partial charge in [0, 0.05) is 28.0 Å².